The number of hydrogen-bond acceptors (Lipinski definition) is 8. The van der Waals surface area contributed by atoms with Crippen LogP contribution in [0.2, 0.25) is 0 Å². The normalized spacial score (nSPS) is 12.4. The molecule has 1 radical (unpaired) electrons. The van der Waals surface area contributed by atoms with E-state index in [0.29, 0.717) is 28.7 Å². The molecule has 4 aromatic rings. The van der Waals surface area contributed by atoms with Crippen molar-refractivity contribution in [3.05, 3.63) is 60.8 Å². The van der Waals surface area contributed by atoms with E-state index in [4.69, 9.17) is 0 Å². The predicted octanol–water partition coefficient (Wildman–Crippen LogP) is 2.49. The molecule has 0 aliphatic heterocycles. The smallest absolute Gasteiger partial charge is 0.295 e. The number of hydrogen-bond donors (Lipinski definition) is 4. The summed E-state index contributed by atoms with van der Waals surface area (Å²) in [6, 6.07) is 11.7. The zero-order chi connectivity index (χ0) is 24.2. The molecule has 0 bridgehead atoms. The van der Waals surface area contributed by atoms with E-state index in [0.717, 1.165) is 12.1 Å². The fraction of sp³-hybridized carbons (Fsp3) is 0. The van der Waals surface area contributed by atoms with Crippen LogP contribution in [0.4, 0.5) is 11.4 Å². The van der Waals surface area contributed by atoms with Gasteiger partial charge in [-0.25, -0.2) is 0 Å². The van der Waals surface area contributed by atoms with E-state index >= 15 is 0 Å². The molecule has 1 heterocycles. The van der Waals surface area contributed by atoms with Crippen molar-refractivity contribution in [1.82, 2.24) is 4.98 Å². The van der Waals surface area contributed by atoms with Gasteiger partial charge in [0.15, 0.2) is 0 Å². The SMILES string of the molecule is O=S(=O)(O)c1cc(S(=O)(=O)O)c2c(Nc3ccnc4ccccc34)ccc(S(=O)(=O)O)c2c1.[Na]. The largest absolute Gasteiger partial charge is 0.354 e. The van der Waals surface area contributed by atoms with Gasteiger partial charge in [-0.2, -0.15) is 25.3 Å². The quantitative estimate of drug-likeness (QED) is 0.218. The zero-order valence-electron chi connectivity index (χ0n) is 17.2. The van der Waals surface area contributed by atoms with Gasteiger partial charge in [0.25, 0.3) is 30.4 Å². The van der Waals surface area contributed by atoms with Crippen molar-refractivity contribution in [1.29, 1.82) is 0 Å². The summed E-state index contributed by atoms with van der Waals surface area (Å²) in [6.07, 6.45) is 1.47. The summed E-state index contributed by atoms with van der Waals surface area (Å²) >= 11 is 0. The predicted molar refractivity (Wildman–Crippen MR) is 124 cm³/mol. The molecule has 4 rings (SSSR count). The zero-order valence-corrected chi connectivity index (χ0v) is 21.7. The summed E-state index contributed by atoms with van der Waals surface area (Å²) in [5, 5.41) is 2.56. The summed E-state index contributed by atoms with van der Waals surface area (Å²) in [5.41, 5.74) is 0.981. The number of pyridine rings is 1. The molecule has 34 heavy (non-hydrogen) atoms. The number of fused-ring (bicyclic) bond motifs is 2. The Kier molecular flexibility index (Phi) is 7.12. The maximum Gasteiger partial charge on any atom is 0.295 e. The van der Waals surface area contributed by atoms with E-state index in [2.05, 4.69) is 10.3 Å². The van der Waals surface area contributed by atoms with E-state index in [1.165, 1.54) is 6.20 Å². The van der Waals surface area contributed by atoms with Gasteiger partial charge in [0.1, 0.15) is 9.79 Å². The number of nitrogens with zero attached hydrogens (tertiary/aromatic N) is 1. The van der Waals surface area contributed by atoms with Crippen LogP contribution in [0.25, 0.3) is 21.7 Å². The molecule has 0 fully saturated rings. The molecule has 0 aliphatic rings. The first kappa shape index (κ1) is 26.5. The van der Waals surface area contributed by atoms with Crippen molar-refractivity contribution >= 4 is 93.0 Å². The van der Waals surface area contributed by atoms with Crippen molar-refractivity contribution in [2.45, 2.75) is 14.7 Å². The Hall–Kier alpha value is -2.14. The Labute approximate surface area is 216 Å². The molecule has 0 unspecified atom stereocenters. The molecule has 15 heteroatoms. The Morgan fingerprint density at radius 2 is 1.32 bits per heavy atom. The average Bonchev–Trinajstić information content (AvgIpc) is 2.71. The minimum atomic E-state index is -5.14. The van der Waals surface area contributed by atoms with Crippen LogP contribution in [-0.2, 0) is 30.4 Å². The van der Waals surface area contributed by atoms with E-state index in [9.17, 15) is 38.9 Å². The Morgan fingerprint density at radius 3 is 1.94 bits per heavy atom. The Morgan fingerprint density at radius 1 is 0.676 bits per heavy atom. The van der Waals surface area contributed by atoms with Gasteiger partial charge in [-0.3, -0.25) is 18.6 Å². The summed E-state index contributed by atoms with van der Waals surface area (Å²) in [6.45, 7) is 0. The van der Waals surface area contributed by atoms with Crippen LogP contribution in [0.15, 0.2) is 75.5 Å². The van der Waals surface area contributed by atoms with Gasteiger partial charge in [-0.15, -0.1) is 0 Å². The van der Waals surface area contributed by atoms with Crippen LogP contribution in [0.3, 0.4) is 0 Å². The monoisotopic (exact) mass is 533 g/mol. The Bertz CT molecular complexity index is 1770. The van der Waals surface area contributed by atoms with Gasteiger partial charge in [0.2, 0.25) is 0 Å². The molecule has 0 saturated heterocycles. The van der Waals surface area contributed by atoms with Crippen molar-refractivity contribution in [2.75, 3.05) is 5.32 Å². The molecule has 173 valence electrons. The summed E-state index contributed by atoms with van der Waals surface area (Å²) in [7, 11) is -15.1. The maximum absolute atomic E-state index is 12.1. The van der Waals surface area contributed by atoms with E-state index in [-0.39, 0.29) is 35.2 Å². The molecule has 0 aliphatic carbocycles. The molecule has 0 saturated carbocycles. The maximum atomic E-state index is 12.1. The van der Waals surface area contributed by atoms with E-state index in [1.54, 1.807) is 30.3 Å². The van der Waals surface area contributed by atoms with E-state index in [1.807, 2.05) is 0 Å². The molecule has 0 amide bonds. The first-order valence-corrected chi connectivity index (χ1v) is 13.2. The van der Waals surface area contributed by atoms with Gasteiger partial charge >= 0.3 is 0 Å². The number of nitrogens with one attached hydrogen (secondary N) is 1. The minimum absolute atomic E-state index is 0. The van der Waals surface area contributed by atoms with Crippen LogP contribution < -0.4 is 5.32 Å². The summed E-state index contributed by atoms with van der Waals surface area (Å²) in [4.78, 5) is 1.37. The second-order valence-corrected chi connectivity index (χ2v) is 11.1. The second kappa shape index (κ2) is 9.14. The van der Waals surface area contributed by atoms with Crippen molar-refractivity contribution in [3.8, 4) is 0 Å². The van der Waals surface area contributed by atoms with Gasteiger partial charge < -0.3 is 5.32 Å². The number of rotatable bonds is 5. The van der Waals surface area contributed by atoms with Crippen molar-refractivity contribution < 1.29 is 38.9 Å². The molecule has 3 aromatic carbocycles. The second-order valence-electron chi connectivity index (χ2n) is 6.88. The summed E-state index contributed by atoms with van der Waals surface area (Å²) < 4.78 is 100. The van der Waals surface area contributed by atoms with Crippen LogP contribution in [0.5, 0.6) is 0 Å². The van der Waals surface area contributed by atoms with Crippen LogP contribution in [0, 0.1) is 0 Å². The van der Waals surface area contributed by atoms with E-state index < -0.39 is 55.8 Å². The fourth-order valence-corrected chi connectivity index (χ4v) is 5.47. The Balaban J connectivity index is 0.00000324. The molecule has 1 aromatic heterocycles. The number of anilines is 2. The average molecular weight is 534 g/mol. The topological polar surface area (TPSA) is 188 Å². The third-order valence-corrected chi connectivity index (χ3v) is 7.40. The number of aromatic nitrogens is 1. The third kappa shape index (κ3) is 5.10. The van der Waals surface area contributed by atoms with Crippen LogP contribution >= 0.6 is 0 Å². The van der Waals surface area contributed by atoms with Gasteiger partial charge in [0, 0.05) is 63.3 Å². The molecule has 0 atom stereocenters. The standard InChI is InChI=1S/C19H14N2O9S3.Na/c22-31(23,24)11-9-13-17(32(25,26)27)6-5-16(19(13)18(10-11)33(28,29)30)21-15-7-8-20-14-4-2-1-3-12(14)15;/h1-10H,(H,20,21)(H,22,23,24)(H,25,26,27)(H,28,29,30);. The van der Waals surface area contributed by atoms with Crippen molar-refractivity contribution in [3.63, 3.8) is 0 Å². The molecule has 4 N–H and O–H groups in total. The fourth-order valence-electron chi connectivity index (χ4n) is 3.43. The molecular formula is C19H14N2NaO9S3. The first-order chi connectivity index (χ1) is 15.3. The third-order valence-electron chi connectivity index (χ3n) is 4.78. The number of para-hydroxylation sites is 1. The van der Waals surface area contributed by atoms with Crippen LogP contribution in [0.1, 0.15) is 0 Å². The first-order valence-electron chi connectivity index (χ1n) is 8.91. The van der Waals surface area contributed by atoms with Gasteiger partial charge in [0.05, 0.1) is 10.4 Å². The van der Waals surface area contributed by atoms with Gasteiger partial charge in [-0.1, -0.05) is 18.2 Å². The molecule has 11 nitrogen and oxygen atoms in total. The minimum Gasteiger partial charge on any atom is -0.354 e. The van der Waals surface area contributed by atoms with Crippen LogP contribution in [-0.4, -0.2) is 73.5 Å². The van der Waals surface area contributed by atoms with Crippen molar-refractivity contribution in [2.24, 2.45) is 0 Å². The molecule has 0 spiro atoms. The molecular weight excluding hydrogens is 519 g/mol. The van der Waals surface area contributed by atoms with Gasteiger partial charge in [-0.05, 0) is 36.4 Å². The summed E-state index contributed by atoms with van der Waals surface area (Å²) in [5.74, 6) is 0. The number of benzene rings is 3.